The van der Waals surface area contributed by atoms with Gasteiger partial charge in [0, 0.05) is 6.61 Å². The molecule has 0 spiro atoms. The quantitative estimate of drug-likeness (QED) is 0.515. The Morgan fingerprint density at radius 2 is 1.89 bits per heavy atom. The van der Waals surface area contributed by atoms with Crippen molar-refractivity contribution in [2.24, 2.45) is 0 Å². The summed E-state index contributed by atoms with van der Waals surface area (Å²) in [6.07, 6.45) is 4.20. The SMILES string of the molecule is CCCCCCCCO[C@H]1C([C@H](O)CO)OC[C@@H]1O. The van der Waals surface area contributed by atoms with Gasteiger partial charge in [-0.1, -0.05) is 39.0 Å². The van der Waals surface area contributed by atoms with Crippen LogP contribution >= 0.6 is 0 Å². The maximum absolute atomic E-state index is 9.73. The van der Waals surface area contributed by atoms with Crippen LogP contribution in [0, 0.1) is 0 Å². The molecule has 1 unspecified atom stereocenters. The maximum Gasteiger partial charge on any atom is 0.114 e. The van der Waals surface area contributed by atoms with Crippen LogP contribution in [0.15, 0.2) is 0 Å². The first kappa shape index (κ1) is 16.9. The van der Waals surface area contributed by atoms with Gasteiger partial charge in [0.1, 0.15) is 24.4 Å². The second-order valence-corrected chi connectivity index (χ2v) is 5.22. The summed E-state index contributed by atoms with van der Waals surface area (Å²) in [5, 5.41) is 28.2. The fraction of sp³-hybridized carbons (Fsp3) is 1.00. The summed E-state index contributed by atoms with van der Waals surface area (Å²) in [6, 6.07) is 0. The van der Waals surface area contributed by atoms with Gasteiger partial charge in [-0.2, -0.15) is 0 Å². The molecule has 4 atom stereocenters. The summed E-state index contributed by atoms with van der Waals surface area (Å²) in [6.45, 7) is 2.53. The molecule has 0 aromatic carbocycles. The van der Waals surface area contributed by atoms with Gasteiger partial charge < -0.3 is 24.8 Å². The molecule has 1 rings (SSSR count). The van der Waals surface area contributed by atoms with E-state index in [0.29, 0.717) is 6.61 Å². The number of unbranched alkanes of at least 4 members (excludes halogenated alkanes) is 5. The second-order valence-electron chi connectivity index (χ2n) is 5.22. The van der Waals surface area contributed by atoms with Crippen LogP contribution in [0.25, 0.3) is 0 Å². The molecule has 1 heterocycles. The third-order valence-electron chi connectivity index (χ3n) is 3.54. The molecule has 1 aliphatic rings. The third-order valence-corrected chi connectivity index (χ3v) is 3.54. The van der Waals surface area contributed by atoms with Crippen molar-refractivity contribution in [3.05, 3.63) is 0 Å². The lowest BCUT2D eigenvalue weighted by Gasteiger charge is -2.23. The van der Waals surface area contributed by atoms with E-state index in [1.807, 2.05) is 0 Å². The Kier molecular flexibility index (Phi) is 8.57. The zero-order valence-corrected chi connectivity index (χ0v) is 11.8. The van der Waals surface area contributed by atoms with Crippen molar-refractivity contribution in [3.8, 4) is 0 Å². The van der Waals surface area contributed by atoms with Crippen molar-refractivity contribution in [1.82, 2.24) is 0 Å². The van der Waals surface area contributed by atoms with Gasteiger partial charge in [-0.05, 0) is 6.42 Å². The van der Waals surface area contributed by atoms with Crippen LogP contribution in [0.3, 0.4) is 0 Å². The molecular formula is C14H28O5. The average molecular weight is 276 g/mol. The van der Waals surface area contributed by atoms with Crippen LogP contribution in [0.4, 0.5) is 0 Å². The minimum atomic E-state index is -0.994. The van der Waals surface area contributed by atoms with E-state index < -0.39 is 24.4 Å². The van der Waals surface area contributed by atoms with Crippen LogP contribution in [0.1, 0.15) is 45.4 Å². The van der Waals surface area contributed by atoms with Gasteiger partial charge in [0.2, 0.25) is 0 Å². The fourth-order valence-electron chi connectivity index (χ4n) is 2.36. The summed E-state index contributed by atoms with van der Waals surface area (Å²) in [5.74, 6) is 0. The van der Waals surface area contributed by atoms with E-state index in [0.717, 1.165) is 12.8 Å². The number of aliphatic hydroxyl groups is 3. The smallest absolute Gasteiger partial charge is 0.114 e. The lowest BCUT2D eigenvalue weighted by molar-refractivity contribution is -0.0938. The Labute approximate surface area is 115 Å². The van der Waals surface area contributed by atoms with E-state index in [4.69, 9.17) is 14.6 Å². The summed E-state index contributed by atoms with van der Waals surface area (Å²) < 4.78 is 10.9. The Morgan fingerprint density at radius 3 is 2.58 bits per heavy atom. The van der Waals surface area contributed by atoms with E-state index in [2.05, 4.69) is 6.92 Å². The van der Waals surface area contributed by atoms with Gasteiger partial charge in [0.25, 0.3) is 0 Å². The van der Waals surface area contributed by atoms with E-state index in [9.17, 15) is 10.2 Å². The molecule has 0 aliphatic carbocycles. The number of hydrogen-bond donors (Lipinski definition) is 3. The standard InChI is InChI=1S/C14H28O5/c1-2-3-4-5-6-7-8-18-14-12(17)10-19-13(14)11(16)9-15/h11-17H,2-10H2,1H3/t11-,12+,13?,14-/m1/s1. The van der Waals surface area contributed by atoms with Crippen molar-refractivity contribution < 1.29 is 24.8 Å². The van der Waals surface area contributed by atoms with Crippen LogP contribution in [0.5, 0.6) is 0 Å². The number of ether oxygens (including phenoxy) is 2. The van der Waals surface area contributed by atoms with Crippen molar-refractivity contribution in [2.75, 3.05) is 19.8 Å². The molecule has 1 fully saturated rings. The lowest BCUT2D eigenvalue weighted by Crippen LogP contribution is -2.42. The van der Waals surface area contributed by atoms with Crippen LogP contribution in [0.2, 0.25) is 0 Å². The molecule has 3 N–H and O–H groups in total. The Bertz CT molecular complexity index is 224. The molecule has 19 heavy (non-hydrogen) atoms. The van der Waals surface area contributed by atoms with Crippen molar-refractivity contribution in [1.29, 1.82) is 0 Å². The molecule has 0 bridgehead atoms. The van der Waals surface area contributed by atoms with Gasteiger partial charge in [0.15, 0.2) is 0 Å². The van der Waals surface area contributed by atoms with Crippen LogP contribution < -0.4 is 0 Å². The zero-order valence-electron chi connectivity index (χ0n) is 11.8. The molecule has 0 radical (unpaired) electrons. The van der Waals surface area contributed by atoms with Crippen molar-refractivity contribution in [3.63, 3.8) is 0 Å². The zero-order chi connectivity index (χ0) is 14.1. The van der Waals surface area contributed by atoms with Gasteiger partial charge >= 0.3 is 0 Å². The molecule has 5 heteroatoms. The molecule has 114 valence electrons. The van der Waals surface area contributed by atoms with Crippen LogP contribution in [-0.2, 0) is 9.47 Å². The molecule has 0 saturated carbocycles. The molecule has 1 aliphatic heterocycles. The maximum atomic E-state index is 9.73. The molecule has 0 amide bonds. The average Bonchev–Trinajstić information content (AvgIpc) is 2.78. The monoisotopic (exact) mass is 276 g/mol. The molecule has 5 nitrogen and oxygen atoms in total. The summed E-state index contributed by atoms with van der Waals surface area (Å²) in [4.78, 5) is 0. The van der Waals surface area contributed by atoms with Gasteiger partial charge in [-0.25, -0.2) is 0 Å². The second kappa shape index (κ2) is 9.66. The van der Waals surface area contributed by atoms with Gasteiger partial charge in [0.05, 0.1) is 13.2 Å². The summed E-state index contributed by atoms with van der Waals surface area (Å²) >= 11 is 0. The molecular weight excluding hydrogens is 248 g/mol. The number of aliphatic hydroxyl groups excluding tert-OH is 3. The highest BCUT2D eigenvalue weighted by Crippen LogP contribution is 2.21. The minimum Gasteiger partial charge on any atom is -0.394 e. The van der Waals surface area contributed by atoms with E-state index in [1.165, 1.54) is 25.7 Å². The number of rotatable bonds is 10. The third kappa shape index (κ3) is 5.75. The summed E-state index contributed by atoms with van der Waals surface area (Å²) in [7, 11) is 0. The molecule has 0 aromatic rings. The fourth-order valence-corrected chi connectivity index (χ4v) is 2.36. The minimum absolute atomic E-state index is 0.156. The highest BCUT2D eigenvalue weighted by Gasteiger charge is 2.40. The Balaban J connectivity index is 2.15. The highest BCUT2D eigenvalue weighted by atomic mass is 16.6. The Hall–Kier alpha value is -0.200. The van der Waals surface area contributed by atoms with E-state index >= 15 is 0 Å². The van der Waals surface area contributed by atoms with Gasteiger partial charge in [-0.3, -0.25) is 0 Å². The first-order valence-corrected chi connectivity index (χ1v) is 7.40. The molecule has 0 aromatic heterocycles. The van der Waals surface area contributed by atoms with Crippen molar-refractivity contribution >= 4 is 0 Å². The Morgan fingerprint density at radius 1 is 1.21 bits per heavy atom. The van der Waals surface area contributed by atoms with E-state index in [1.54, 1.807) is 0 Å². The van der Waals surface area contributed by atoms with E-state index in [-0.39, 0.29) is 13.2 Å². The first-order chi connectivity index (χ1) is 9.20. The number of hydrogen-bond acceptors (Lipinski definition) is 5. The van der Waals surface area contributed by atoms with Gasteiger partial charge in [-0.15, -0.1) is 0 Å². The van der Waals surface area contributed by atoms with Crippen molar-refractivity contribution in [2.45, 2.75) is 69.9 Å². The topological polar surface area (TPSA) is 79.2 Å². The molecule has 1 saturated heterocycles. The normalized spacial score (nSPS) is 28.7. The lowest BCUT2D eigenvalue weighted by atomic mass is 10.1. The first-order valence-electron chi connectivity index (χ1n) is 7.40. The predicted molar refractivity (Wildman–Crippen MR) is 72.0 cm³/mol. The summed E-state index contributed by atoms with van der Waals surface area (Å²) in [5.41, 5.74) is 0. The van der Waals surface area contributed by atoms with Crippen LogP contribution in [-0.4, -0.2) is 59.6 Å². The predicted octanol–water partition coefficient (Wildman–Crippen LogP) is 0.845. The largest absolute Gasteiger partial charge is 0.394 e. The highest BCUT2D eigenvalue weighted by molar-refractivity contribution is 4.89.